The maximum atomic E-state index is 14.3. The van der Waals surface area contributed by atoms with Crippen LogP contribution in [0.25, 0.3) is 5.69 Å². The number of hydrogen-bond acceptors (Lipinski definition) is 2. The summed E-state index contributed by atoms with van der Waals surface area (Å²) in [5.74, 6) is -0.253. The predicted molar refractivity (Wildman–Crippen MR) is 79.7 cm³/mol. The molecule has 2 aromatic rings. The second-order valence-corrected chi connectivity index (χ2v) is 5.38. The predicted octanol–water partition coefficient (Wildman–Crippen LogP) is 3.08. The van der Waals surface area contributed by atoms with Gasteiger partial charge in [-0.15, -0.1) is 0 Å². The molecule has 0 saturated carbocycles. The lowest BCUT2D eigenvalue weighted by atomic mass is 10.1. The number of halogens is 1. The Morgan fingerprint density at radius 2 is 2.05 bits per heavy atom. The van der Waals surface area contributed by atoms with Crippen molar-refractivity contribution < 1.29 is 4.39 Å². The Balaban J connectivity index is 2.43. The Morgan fingerprint density at radius 1 is 1.35 bits per heavy atom. The molecule has 2 rings (SSSR count). The first kappa shape index (κ1) is 14.7. The molecule has 0 aliphatic heterocycles. The van der Waals surface area contributed by atoms with Crippen LogP contribution in [0.4, 0.5) is 4.39 Å². The third-order valence-electron chi connectivity index (χ3n) is 3.59. The molecule has 0 amide bonds. The van der Waals surface area contributed by atoms with Crippen molar-refractivity contribution in [2.24, 2.45) is 5.73 Å². The number of hydrogen-bond donors (Lipinski definition) is 1. The summed E-state index contributed by atoms with van der Waals surface area (Å²) in [7, 11) is 0. The van der Waals surface area contributed by atoms with Crippen LogP contribution < -0.4 is 5.73 Å². The number of aromatic nitrogens is 2. The molecule has 1 unspecified atom stereocenters. The van der Waals surface area contributed by atoms with Crippen LogP contribution in [0.3, 0.4) is 0 Å². The van der Waals surface area contributed by atoms with Gasteiger partial charge in [0, 0.05) is 11.7 Å². The minimum Gasteiger partial charge on any atom is -0.328 e. The lowest BCUT2D eigenvalue weighted by Crippen LogP contribution is -2.18. The fourth-order valence-electron chi connectivity index (χ4n) is 2.64. The van der Waals surface area contributed by atoms with E-state index in [2.05, 4.69) is 12.0 Å². The van der Waals surface area contributed by atoms with E-state index in [0.717, 1.165) is 23.4 Å². The maximum absolute atomic E-state index is 14.3. The molecule has 1 aromatic heterocycles. The normalized spacial score (nSPS) is 12.7. The van der Waals surface area contributed by atoms with Crippen LogP contribution in [0, 0.1) is 19.7 Å². The van der Waals surface area contributed by atoms with Crippen LogP contribution in [0.15, 0.2) is 18.2 Å². The maximum Gasteiger partial charge on any atom is 0.149 e. The van der Waals surface area contributed by atoms with E-state index in [-0.39, 0.29) is 11.9 Å². The van der Waals surface area contributed by atoms with E-state index in [9.17, 15) is 4.39 Å². The standard InChI is InChI=1S/C16H22FN3/c1-5-14-11(3)19-20(12(14)4)16-7-6-13(8-10(2)18)9-15(16)17/h6-7,9-10H,5,8,18H2,1-4H3. The first-order chi connectivity index (χ1) is 9.43. The van der Waals surface area contributed by atoms with E-state index < -0.39 is 0 Å². The van der Waals surface area contributed by atoms with Crippen LogP contribution in [-0.2, 0) is 12.8 Å². The van der Waals surface area contributed by atoms with Crippen LogP contribution in [0.2, 0.25) is 0 Å². The summed E-state index contributed by atoms with van der Waals surface area (Å²) in [5.41, 5.74) is 10.3. The Morgan fingerprint density at radius 3 is 2.55 bits per heavy atom. The molecule has 0 fully saturated rings. The van der Waals surface area contributed by atoms with E-state index in [1.807, 2.05) is 26.8 Å². The molecule has 1 atom stereocenters. The molecule has 3 nitrogen and oxygen atoms in total. The molecule has 0 aliphatic carbocycles. The van der Waals surface area contributed by atoms with Crippen molar-refractivity contribution in [2.75, 3.05) is 0 Å². The van der Waals surface area contributed by atoms with Crippen molar-refractivity contribution in [1.82, 2.24) is 9.78 Å². The highest BCUT2D eigenvalue weighted by atomic mass is 19.1. The number of benzene rings is 1. The highest BCUT2D eigenvalue weighted by molar-refractivity contribution is 5.40. The third-order valence-corrected chi connectivity index (χ3v) is 3.59. The lowest BCUT2D eigenvalue weighted by molar-refractivity contribution is 0.603. The zero-order valence-corrected chi connectivity index (χ0v) is 12.6. The lowest BCUT2D eigenvalue weighted by Gasteiger charge is -2.10. The van der Waals surface area contributed by atoms with E-state index >= 15 is 0 Å². The summed E-state index contributed by atoms with van der Waals surface area (Å²) >= 11 is 0. The Hall–Kier alpha value is -1.68. The zero-order chi connectivity index (χ0) is 14.9. The first-order valence-electron chi connectivity index (χ1n) is 7.03. The molecule has 1 aromatic carbocycles. The SMILES string of the molecule is CCc1c(C)nn(-c2ccc(CC(C)N)cc2F)c1C. The van der Waals surface area contributed by atoms with Crippen molar-refractivity contribution in [3.63, 3.8) is 0 Å². The van der Waals surface area contributed by atoms with Gasteiger partial charge in [-0.3, -0.25) is 0 Å². The fraction of sp³-hybridized carbons (Fsp3) is 0.438. The molecule has 0 spiro atoms. The molecule has 1 heterocycles. The summed E-state index contributed by atoms with van der Waals surface area (Å²) in [6.45, 7) is 7.95. The second kappa shape index (κ2) is 5.75. The van der Waals surface area contributed by atoms with Gasteiger partial charge in [0.1, 0.15) is 11.5 Å². The summed E-state index contributed by atoms with van der Waals surface area (Å²) in [4.78, 5) is 0. The van der Waals surface area contributed by atoms with Crippen molar-refractivity contribution >= 4 is 0 Å². The largest absolute Gasteiger partial charge is 0.328 e. The van der Waals surface area contributed by atoms with E-state index in [4.69, 9.17) is 5.73 Å². The number of rotatable bonds is 4. The summed E-state index contributed by atoms with van der Waals surface area (Å²) < 4.78 is 16.0. The van der Waals surface area contributed by atoms with Gasteiger partial charge in [-0.2, -0.15) is 5.10 Å². The topological polar surface area (TPSA) is 43.8 Å². The Labute approximate surface area is 119 Å². The van der Waals surface area contributed by atoms with E-state index in [1.165, 1.54) is 5.56 Å². The monoisotopic (exact) mass is 275 g/mol. The van der Waals surface area contributed by atoms with Gasteiger partial charge in [-0.05, 0) is 56.9 Å². The van der Waals surface area contributed by atoms with Gasteiger partial charge in [-0.25, -0.2) is 9.07 Å². The van der Waals surface area contributed by atoms with Crippen molar-refractivity contribution in [1.29, 1.82) is 0 Å². The second-order valence-electron chi connectivity index (χ2n) is 5.38. The summed E-state index contributed by atoms with van der Waals surface area (Å²) in [5, 5.41) is 4.45. The van der Waals surface area contributed by atoms with Gasteiger partial charge in [0.2, 0.25) is 0 Å². The summed E-state index contributed by atoms with van der Waals surface area (Å²) in [6, 6.07) is 5.29. The molecule has 0 saturated heterocycles. The highest BCUT2D eigenvalue weighted by Gasteiger charge is 2.14. The number of nitrogens with two attached hydrogens (primary N) is 1. The van der Waals surface area contributed by atoms with Gasteiger partial charge in [-0.1, -0.05) is 13.0 Å². The molecule has 0 aliphatic rings. The fourth-order valence-corrected chi connectivity index (χ4v) is 2.64. The Bertz CT molecular complexity index is 614. The van der Waals surface area contributed by atoms with Crippen molar-refractivity contribution in [3.05, 3.63) is 46.5 Å². The minimum atomic E-state index is -0.253. The van der Waals surface area contributed by atoms with Gasteiger partial charge in [0.25, 0.3) is 0 Å². The quantitative estimate of drug-likeness (QED) is 0.932. The Kier molecular flexibility index (Phi) is 4.23. The van der Waals surface area contributed by atoms with Crippen LogP contribution in [0.1, 0.15) is 36.4 Å². The van der Waals surface area contributed by atoms with E-state index in [0.29, 0.717) is 12.1 Å². The van der Waals surface area contributed by atoms with Crippen LogP contribution in [-0.4, -0.2) is 15.8 Å². The molecule has 108 valence electrons. The minimum absolute atomic E-state index is 0.0284. The zero-order valence-electron chi connectivity index (χ0n) is 12.6. The average Bonchev–Trinajstić information content (AvgIpc) is 2.63. The molecular formula is C16H22FN3. The first-order valence-corrected chi connectivity index (χ1v) is 7.03. The molecule has 4 heteroatoms. The summed E-state index contributed by atoms with van der Waals surface area (Å²) in [6.07, 6.45) is 1.58. The molecule has 2 N–H and O–H groups in total. The smallest absolute Gasteiger partial charge is 0.149 e. The van der Waals surface area contributed by atoms with Gasteiger partial charge in [0.05, 0.1) is 5.69 Å². The van der Waals surface area contributed by atoms with Gasteiger partial charge in [0.15, 0.2) is 0 Å². The van der Waals surface area contributed by atoms with E-state index in [1.54, 1.807) is 16.8 Å². The third kappa shape index (κ3) is 2.75. The van der Waals surface area contributed by atoms with Gasteiger partial charge >= 0.3 is 0 Å². The number of aryl methyl sites for hydroxylation is 1. The van der Waals surface area contributed by atoms with Gasteiger partial charge < -0.3 is 5.73 Å². The average molecular weight is 275 g/mol. The van der Waals surface area contributed by atoms with Crippen LogP contribution in [0.5, 0.6) is 0 Å². The van der Waals surface area contributed by atoms with Crippen LogP contribution >= 0.6 is 0 Å². The molecule has 20 heavy (non-hydrogen) atoms. The highest BCUT2D eigenvalue weighted by Crippen LogP contribution is 2.21. The molecular weight excluding hydrogens is 253 g/mol. The van der Waals surface area contributed by atoms with Crippen molar-refractivity contribution in [3.8, 4) is 5.69 Å². The van der Waals surface area contributed by atoms with Crippen molar-refractivity contribution in [2.45, 2.75) is 46.6 Å². The molecule has 0 bridgehead atoms. The molecule has 0 radical (unpaired) electrons. The number of nitrogens with zero attached hydrogens (tertiary/aromatic N) is 2.